The fourth-order valence-electron chi connectivity index (χ4n) is 3.02. The van der Waals surface area contributed by atoms with E-state index < -0.39 is 5.97 Å². The monoisotopic (exact) mass is 358 g/mol. The lowest BCUT2D eigenvalue weighted by atomic mass is 9.88. The fraction of sp³-hybridized carbons (Fsp3) is 0. The predicted molar refractivity (Wildman–Crippen MR) is 107 cm³/mol. The molecule has 1 aliphatic heterocycles. The highest BCUT2D eigenvalue weighted by Gasteiger charge is 2.23. The predicted octanol–water partition coefficient (Wildman–Crippen LogP) is 4.37. The summed E-state index contributed by atoms with van der Waals surface area (Å²) in [7, 11) is 0. The molecule has 0 atom stereocenters. The molecule has 0 unspecified atom stereocenters. The van der Waals surface area contributed by atoms with Crippen molar-refractivity contribution in [1.82, 2.24) is 0 Å². The molecule has 1 aliphatic carbocycles. The van der Waals surface area contributed by atoms with E-state index in [1.165, 1.54) is 18.2 Å². The van der Waals surface area contributed by atoms with Crippen molar-refractivity contribution >= 4 is 28.2 Å². The van der Waals surface area contributed by atoms with Gasteiger partial charge in [-0.2, -0.15) is 0 Å². The highest BCUT2D eigenvalue weighted by Crippen LogP contribution is 2.40. The number of nitrogen functional groups attached to an aromatic ring is 1. The SMILES string of the molecule is C=C/C=C(\C(=C/C=C)C(=O)O)c1c2ccc(=N)cc-2oc2cc(N)ccc12. The Labute approximate surface area is 155 Å². The Morgan fingerprint density at radius 2 is 1.85 bits per heavy atom. The van der Waals surface area contributed by atoms with Gasteiger partial charge >= 0.3 is 5.97 Å². The second kappa shape index (κ2) is 7.17. The number of hydrogen-bond donors (Lipinski definition) is 3. The molecular weight excluding hydrogens is 340 g/mol. The number of carboxylic acid groups (broad SMARTS) is 1. The van der Waals surface area contributed by atoms with E-state index in [9.17, 15) is 9.90 Å². The standard InChI is InChI=1S/C22H18N2O3/c1-3-5-15(16(6-4-2)22(25)26)21-17-9-7-13(23)11-19(17)27-20-12-14(24)8-10-18(20)21/h3-12,23H,1-2,24H2,(H,25,26)/b15-5+,16-6+,23-13?. The molecule has 1 heterocycles. The normalized spacial score (nSPS) is 12.3. The summed E-state index contributed by atoms with van der Waals surface area (Å²) in [5.74, 6) is -0.619. The molecule has 4 N–H and O–H groups in total. The molecule has 0 saturated heterocycles. The Kier molecular flexibility index (Phi) is 4.77. The van der Waals surface area contributed by atoms with Gasteiger partial charge in [0.2, 0.25) is 0 Å². The van der Waals surface area contributed by atoms with Gasteiger partial charge in [-0.1, -0.05) is 31.4 Å². The molecule has 5 heteroatoms. The van der Waals surface area contributed by atoms with Gasteiger partial charge in [-0.3, -0.25) is 0 Å². The Balaban J connectivity index is 2.52. The summed E-state index contributed by atoms with van der Waals surface area (Å²) in [4.78, 5) is 11.9. The van der Waals surface area contributed by atoms with Gasteiger partial charge < -0.3 is 20.7 Å². The molecule has 1 aromatic carbocycles. The molecule has 0 aromatic heterocycles. The third-order valence-corrected chi connectivity index (χ3v) is 4.10. The summed E-state index contributed by atoms with van der Waals surface area (Å²) < 4.78 is 5.94. The molecule has 2 aliphatic rings. The van der Waals surface area contributed by atoms with Crippen molar-refractivity contribution in [3.05, 3.63) is 90.4 Å². The summed E-state index contributed by atoms with van der Waals surface area (Å²) in [6, 6.07) is 10.2. The number of allylic oxidation sites excluding steroid dienone is 4. The van der Waals surface area contributed by atoms with Crippen molar-refractivity contribution in [1.29, 1.82) is 5.41 Å². The van der Waals surface area contributed by atoms with Gasteiger partial charge in [-0.05, 0) is 35.9 Å². The number of aliphatic carboxylic acids is 1. The summed E-state index contributed by atoms with van der Waals surface area (Å²) in [5, 5.41) is 18.6. The van der Waals surface area contributed by atoms with Crippen molar-refractivity contribution in [3.63, 3.8) is 0 Å². The van der Waals surface area contributed by atoms with E-state index in [1.807, 2.05) is 0 Å². The van der Waals surface area contributed by atoms with E-state index in [0.717, 1.165) is 0 Å². The summed E-state index contributed by atoms with van der Waals surface area (Å²) in [5.41, 5.74) is 8.81. The van der Waals surface area contributed by atoms with Gasteiger partial charge in [0.05, 0.1) is 10.9 Å². The lowest BCUT2D eigenvalue weighted by molar-refractivity contribution is -0.132. The number of carboxylic acids is 1. The number of benzene rings is 2. The van der Waals surface area contributed by atoms with Gasteiger partial charge in [-0.15, -0.1) is 0 Å². The Morgan fingerprint density at radius 1 is 1.11 bits per heavy atom. The lowest BCUT2D eigenvalue weighted by Crippen LogP contribution is -2.07. The second-order valence-electron chi connectivity index (χ2n) is 5.88. The first-order valence-corrected chi connectivity index (χ1v) is 8.16. The minimum absolute atomic E-state index is 0.0745. The number of carbonyl (C=O) groups is 1. The summed E-state index contributed by atoms with van der Waals surface area (Å²) >= 11 is 0. The molecule has 3 rings (SSSR count). The number of rotatable bonds is 5. The van der Waals surface area contributed by atoms with Gasteiger partial charge in [0.25, 0.3) is 0 Å². The van der Waals surface area contributed by atoms with Gasteiger partial charge in [0, 0.05) is 34.3 Å². The maximum Gasteiger partial charge on any atom is 0.336 e. The van der Waals surface area contributed by atoms with Crippen molar-refractivity contribution < 1.29 is 14.3 Å². The maximum atomic E-state index is 11.9. The van der Waals surface area contributed by atoms with Crippen molar-refractivity contribution in [2.24, 2.45) is 0 Å². The van der Waals surface area contributed by atoms with Gasteiger partial charge in [0.15, 0.2) is 0 Å². The Bertz CT molecular complexity index is 1170. The van der Waals surface area contributed by atoms with Crippen LogP contribution < -0.4 is 11.1 Å². The van der Waals surface area contributed by atoms with Crippen LogP contribution in [0.15, 0.2) is 83.9 Å². The first-order chi connectivity index (χ1) is 13.0. The Hall–Kier alpha value is -3.86. The number of fused-ring (bicyclic) bond motifs is 2. The smallest absolute Gasteiger partial charge is 0.336 e. The third kappa shape index (κ3) is 3.30. The van der Waals surface area contributed by atoms with Crippen molar-refractivity contribution in [2.75, 3.05) is 5.73 Å². The molecule has 0 fully saturated rings. The Morgan fingerprint density at radius 3 is 2.52 bits per heavy atom. The van der Waals surface area contributed by atoms with E-state index in [4.69, 9.17) is 15.6 Å². The highest BCUT2D eigenvalue weighted by molar-refractivity contribution is 6.12. The van der Waals surface area contributed by atoms with E-state index in [2.05, 4.69) is 13.2 Å². The lowest BCUT2D eigenvalue weighted by Gasteiger charge is -2.18. The van der Waals surface area contributed by atoms with Crippen LogP contribution in [0, 0.1) is 5.41 Å². The molecular formula is C22H18N2O3. The van der Waals surface area contributed by atoms with Crippen LogP contribution in [0.25, 0.3) is 27.9 Å². The van der Waals surface area contributed by atoms with Crippen LogP contribution in [-0.4, -0.2) is 11.1 Å². The zero-order chi connectivity index (χ0) is 19.6. The first-order valence-electron chi connectivity index (χ1n) is 8.16. The topological polar surface area (TPSA) is 100 Å². The van der Waals surface area contributed by atoms with Crippen molar-refractivity contribution in [2.45, 2.75) is 0 Å². The molecule has 0 radical (unpaired) electrons. The largest absolute Gasteiger partial charge is 0.478 e. The molecule has 0 bridgehead atoms. The molecule has 27 heavy (non-hydrogen) atoms. The molecule has 5 nitrogen and oxygen atoms in total. The summed E-state index contributed by atoms with van der Waals surface area (Å²) in [6.07, 6.45) is 6.05. The minimum Gasteiger partial charge on any atom is -0.478 e. The first kappa shape index (κ1) is 17.9. The van der Waals surface area contributed by atoms with Crippen molar-refractivity contribution in [3.8, 4) is 11.3 Å². The number of nitrogens with two attached hydrogens (primary N) is 1. The summed E-state index contributed by atoms with van der Waals surface area (Å²) in [6.45, 7) is 7.33. The van der Waals surface area contributed by atoms with Gasteiger partial charge in [0.1, 0.15) is 11.3 Å². The number of hydrogen-bond acceptors (Lipinski definition) is 4. The van der Waals surface area contributed by atoms with E-state index in [0.29, 0.717) is 39.1 Å². The molecule has 134 valence electrons. The highest BCUT2D eigenvalue weighted by atomic mass is 16.4. The number of nitrogens with one attached hydrogen (secondary N) is 1. The van der Waals surface area contributed by atoms with Gasteiger partial charge in [-0.25, -0.2) is 4.79 Å². The van der Waals surface area contributed by atoms with Crippen LogP contribution in [0.5, 0.6) is 0 Å². The van der Waals surface area contributed by atoms with E-state index in [-0.39, 0.29) is 10.9 Å². The van der Waals surface area contributed by atoms with Crippen LogP contribution in [0.4, 0.5) is 5.69 Å². The van der Waals surface area contributed by atoms with Crippen LogP contribution in [0.1, 0.15) is 5.56 Å². The third-order valence-electron chi connectivity index (χ3n) is 4.10. The quantitative estimate of drug-likeness (QED) is 0.273. The zero-order valence-electron chi connectivity index (χ0n) is 14.5. The van der Waals surface area contributed by atoms with Crippen LogP contribution >= 0.6 is 0 Å². The molecule has 0 amide bonds. The average molecular weight is 358 g/mol. The number of anilines is 1. The van der Waals surface area contributed by atoms with E-state index in [1.54, 1.807) is 42.5 Å². The van der Waals surface area contributed by atoms with Crippen LogP contribution in [0.2, 0.25) is 0 Å². The maximum absolute atomic E-state index is 11.9. The van der Waals surface area contributed by atoms with Crippen LogP contribution in [-0.2, 0) is 4.79 Å². The molecule has 0 saturated carbocycles. The molecule has 1 aromatic rings. The fourth-order valence-corrected chi connectivity index (χ4v) is 3.02. The minimum atomic E-state index is -1.09. The average Bonchev–Trinajstić information content (AvgIpc) is 2.62. The van der Waals surface area contributed by atoms with E-state index >= 15 is 0 Å². The van der Waals surface area contributed by atoms with Crippen LogP contribution in [0.3, 0.4) is 0 Å². The molecule has 0 spiro atoms. The second-order valence-corrected chi connectivity index (χ2v) is 5.88. The zero-order valence-corrected chi connectivity index (χ0v) is 14.5.